The lowest BCUT2D eigenvalue weighted by Gasteiger charge is -2.10. The van der Waals surface area contributed by atoms with Gasteiger partial charge < -0.3 is 14.7 Å². The molecule has 0 unspecified atom stereocenters. The number of H-pyrrole nitrogens is 2. The topological polar surface area (TPSA) is 83.7 Å². The van der Waals surface area contributed by atoms with Crippen molar-refractivity contribution in [3.05, 3.63) is 88.5 Å². The molecule has 0 fully saturated rings. The first-order chi connectivity index (χ1) is 22.0. The van der Waals surface area contributed by atoms with Gasteiger partial charge in [0, 0.05) is 23.0 Å². The molecule has 3 aromatic rings. The SMILES string of the molecule is CCCC1=Cc2nc1ccc1[nH]c(cc1CCC)c1nc(c(OC(=O)CC3C=CC=C3)cc3[nH]c2cc3CCC)C(CCC)=C1. The van der Waals surface area contributed by atoms with Crippen molar-refractivity contribution in [3.8, 4) is 5.75 Å². The summed E-state index contributed by atoms with van der Waals surface area (Å²) in [4.78, 5) is 31.0. The molecule has 3 aliphatic rings. The summed E-state index contributed by atoms with van der Waals surface area (Å²) in [6.07, 6.45) is 20.4. The number of nitrogens with zero attached hydrogens (tertiary/aromatic N) is 2. The van der Waals surface area contributed by atoms with Crippen molar-refractivity contribution in [2.24, 2.45) is 5.92 Å². The van der Waals surface area contributed by atoms with E-state index in [1.807, 2.05) is 30.4 Å². The molecule has 0 aromatic carbocycles. The fourth-order valence-electron chi connectivity index (χ4n) is 6.44. The van der Waals surface area contributed by atoms with Gasteiger partial charge in [-0.25, -0.2) is 9.97 Å². The van der Waals surface area contributed by atoms with E-state index in [9.17, 15) is 4.79 Å². The summed E-state index contributed by atoms with van der Waals surface area (Å²) in [5.74, 6) is 0.270. The van der Waals surface area contributed by atoms with Crippen molar-refractivity contribution in [3.63, 3.8) is 0 Å². The second kappa shape index (κ2) is 13.7. The monoisotopic (exact) mass is 600 g/mol. The molecule has 0 spiro atoms. The Kier molecular flexibility index (Phi) is 9.29. The number of aromatic amines is 2. The van der Waals surface area contributed by atoms with Crippen molar-refractivity contribution >= 4 is 51.3 Å². The number of esters is 1. The van der Waals surface area contributed by atoms with E-state index in [1.54, 1.807) is 0 Å². The van der Waals surface area contributed by atoms with Crippen LogP contribution in [0.3, 0.4) is 0 Å². The van der Waals surface area contributed by atoms with Gasteiger partial charge in [-0.3, -0.25) is 4.79 Å². The Labute approximate surface area is 266 Å². The molecule has 45 heavy (non-hydrogen) atoms. The van der Waals surface area contributed by atoms with E-state index in [2.05, 4.69) is 74.1 Å². The molecule has 5 heterocycles. The van der Waals surface area contributed by atoms with Crippen molar-refractivity contribution < 1.29 is 9.53 Å². The van der Waals surface area contributed by atoms with E-state index < -0.39 is 0 Å². The predicted molar refractivity (Wildman–Crippen MR) is 187 cm³/mol. The molecule has 6 rings (SSSR count). The highest BCUT2D eigenvalue weighted by molar-refractivity contribution is 5.92. The summed E-state index contributed by atoms with van der Waals surface area (Å²) in [6, 6.07) is 10.8. The summed E-state index contributed by atoms with van der Waals surface area (Å²) >= 11 is 0. The Morgan fingerprint density at radius 1 is 0.711 bits per heavy atom. The van der Waals surface area contributed by atoms with Crippen LogP contribution in [-0.2, 0) is 17.6 Å². The number of fused-ring (bicyclic) bond motifs is 10. The van der Waals surface area contributed by atoms with E-state index in [1.165, 1.54) is 16.7 Å². The normalized spacial score (nSPS) is 14.2. The summed E-state index contributed by atoms with van der Waals surface area (Å²) in [7, 11) is 0. The zero-order valence-corrected chi connectivity index (χ0v) is 27.0. The van der Waals surface area contributed by atoms with Crippen molar-refractivity contribution in [1.29, 1.82) is 0 Å². The maximum atomic E-state index is 13.4. The number of nitrogens with one attached hydrogen (secondary N) is 2. The van der Waals surface area contributed by atoms with E-state index in [0.717, 1.165) is 102 Å². The van der Waals surface area contributed by atoms with Crippen molar-refractivity contribution in [2.45, 2.75) is 85.5 Å². The molecule has 0 amide bonds. The van der Waals surface area contributed by atoms with Gasteiger partial charge in [0.05, 0.1) is 34.5 Å². The molecule has 6 heteroatoms. The van der Waals surface area contributed by atoms with Gasteiger partial charge in [-0.2, -0.15) is 0 Å². The standard InChI is InChI=1S/C39H44N4O2/c1-5-11-26-20-33-34-22-28(13-7-3)32(42-34)24-37(45-38(44)19-25-15-9-10-16-25)39-29(14-8-4)23-36(43-39)35-21-27(12-6-2)31(41-35)18-17-30(26)40-33/h9-10,15-18,20-25,41-42H,5-8,11-14,19H2,1-4H3. The molecule has 0 radical (unpaired) electrons. The lowest BCUT2D eigenvalue weighted by molar-refractivity contribution is -0.134. The Morgan fingerprint density at radius 3 is 2.00 bits per heavy atom. The molecule has 3 aromatic heterocycles. The Morgan fingerprint density at radius 2 is 1.31 bits per heavy atom. The van der Waals surface area contributed by atoms with Crippen molar-refractivity contribution in [2.75, 3.05) is 0 Å². The lowest BCUT2D eigenvalue weighted by atomic mass is 10.1. The molecule has 1 aliphatic carbocycles. The minimum Gasteiger partial charge on any atom is -0.424 e. The highest BCUT2D eigenvalue weighted by Gasteiger charge is 2.21. The number of carbonyl (C=O) groups excluding carboxylic acids is 1. The highest BCUT2D eigenvalue weighted by Crippen LogP contribution is 2.36. The molecule has 2 N–H and O–H groups in total. The largest absolute Gasteiger partial charge is 0.424 e. The Hall–Kier alpha value is -4.45. The molecule has 232 valence electrons. The van der Waals surface area contributed by atoms with Crippen LogP contribution in [0.25, 0.3) is 45.4 Å². The van der Waals surface area contributed by atoms with Crippen LogP contribution in [-0.4, -0.2) is 25.9 Å². The van der Waals surface area contributed by atoms with E-state index in [4.69, 9.17) is 14.7 Å². The first-order valence-electron chi connectivity index (χ1n) is 16.7. The van der Waals surface area contributed by atoms with Gasteiger partial charge in [-0.05, 0) is 84.4 Å². The fourth-order valence-corrected chi connectivity index (χ4v) is 6.44. The average molecular weight is 601 g/mol. The van der Waals surface area contributed by atoms with Gasteiger partial charge in [0.2, 0.25) is 0 Å². The number of hydrogen-bond donors (Lipinski definition) is 2. The minimum absolute atomic E-state index is 0.0487. The van der Waals surface area contributed by atoms with Crippen LogP contribution in [0.15, 0.2) is 54.6 Å². The highest BCUT2D eigenvalue weighted by atomic mass is 16.5. The smallest absolute Gasteiger partial charge is 0.312 e. The number of hydrogen-bond acceptors (Lipinski definition) is 4. The first kappa shape index (κ1) is 30.6. The van der Waals surface area contributed by atoms with Crippen LogP contribution in [0.2, 0.25) is 0 Å². The zero-order valence-electron chi connectivity index (χ0n) is 27.0. The molecule has 8 bridgehead atoms. The molecular formula is C39H44N4O2. The Balaban J connectivity index is 1.65. The van der Waals surface area contributed by atoms with Crippen molar-refractivity contribution in [1.82, 2.24) is 19.9 Å². The minimum atomic E-state index is -0.267. The number of aromatic nitrogens is 4. The number of aryl methyl sites for hydroxylation is 2. The van der Waals surface area contributed by atoms with Crippen LogP contribution in [0, 0.1) is 5.92 Å². The van der Waals surface area contributed by atoms with Crippen LogP contribution < -0.4 is 4.74 Å². The summed E-state index contributed by atoms with van der Waals surface area (Å²) in [5.41, 5.74) is 12.2. The average Bonchev–Trinajstić information content (AvgIpc) is 3.84. The summed E-state index contributed by atoms with van der Waals surface area (Å²) in [6.45, 7) is 8.77. The third-order valence-corrected chi connectivity index (χ3v) is 8.60. The summed E-state index contributed by atoms with van der Waals surface area (Å²) in [5, 5.41) is 0. The molecule has 0 saturated carbocycles. The van der Waals surface area contributed by atoms with E-state index in [-0.39, 0.29) is 18.3 Å². The quantitative estimate of drug-likeness (QED) is 0.215. The lowest BCUT2D eigenvalue weighted by Crippen LogP contribution is -2.12. The third kappa shape index (κ3) is 6.65. The number of allylic oxidation sites excluding steroid dienone is 6. The van der Waals surface area contributed by atoms with Gasteiger partial charge in [0.1, 0.15) is 5.69 Å². The maximum Gasteiger partial charge on any atom is 0.312 e. The van der Waals surface area contributed by atoms with E-state index in [0.29, 0.717) is 5.75 Å². The number of rotatable bonds is 11. The zero-order chi connectivity index (χ0) is 31.3. The first-order valence-corrected chi connectivity index (χ1v) is 16.7. The van der Waals surface area contributed by atoms with Crippen LogP contribution in [0.5, 0.6) is 5.75 Å². The van der Waals surface area contributed by atoms with Gasteiger partial charge in [0.25, 0.3) is 0 Å². The number of carbonyl (C=O) groups is 1. The predicted octanol–water partition coefficient (Wildman–Crippen LogP) is 9.94. The molecule has 2 aliphatic heterocycles. The van der Waals surface area contributed by atoms with Crippen LogP contribution >= 0.6 is 0 Å². The van der Waals surface area contributed by atoms with Gasteiger partial charge in [0.15, 0.2) is 5.75 Å². The third-order valence-electron chi connectivity index (χ3n) is 8.60. The second-order valence-corrected chi connectivity index (χ2v) is 12.3. The second-order valence-electron chi connectivity index (χ2n) is 12.3. The van der Waals surface area contributed by atoms with E-state index >= 15 is 0 Å². The number of ether oxygens (including phenoxy) is 1. The summed E-state index contributed by atoms with van der Waals surface area (Å²) < 4.78 is 6.26. The maximum absolute atomic E-state index is 13.4. The van der Waals surface area contributed by atoms with Gasteiger partial charge >= 0.3 is 5.97 Å². The molecular weight excluding hydrogens is 556 g/mol. The van der Waals surface area contributed by atoms with Crippen LogP contribution in [0.1, 0.15) is 107 Å². The van der Waals surface area contributed by atoms with Crippen LogP contribution in [0.4, 0.5) is 0 Å². The Bertz CT molecular complexity index is 1870. The molecule has 6 nitrogen and oxygen atoms in total. The van der Waals surface area contributed by atoms with Gasteiger partial charge in [-0.15, -0.1) is 0 Å². The van der Waals surface area contributed by atoms with Gasteiger partial charge in [-0.1, -0.05) is 77.7 Å². The molecule has 0 saturated heterocycles. The fraction of sp³-hybridized carbons (Fsp3) is 0.359. The molecule has 0 atom stereocenters.